The number of hydrogen-bond acceptors (Lipinski definition) is 2. The molecule has 2 heterocycles. The van der Waals surface area contributed by atoms with Crippen LogP contribution in [0.1, 0.15) is 0 Å². The van der Waals surface area contributed by atoms with Gasteiger partial charge in [-0.2, -0.15) is 5.10 Å². The molecule has 0 aliphatic carbocycles. The molecule has 0 unspecified atom stereocenters. The predicted molar refractivity (Wildman–Crippen MR) is 83.2 cm³/mol. The van der Waals surface area contributed by atoms with Crippen molar-refractivity contribution in [2.24, 2.45) is 0 Å². The first-order valence-corrected chi connectivity index (χ1v) is 7.01. The standard InChI is InChI=1S/C16H9N3S/c1-17-14-9-13-15(18-19-16(13)20-14)12-7-6-10-4-2-3-5-11(10)8-12/h2-9H,(H,18,19). The molecule has 4 heteroatoms. The molecule has 0 saturated carbocycles. The molecule has 0 spiro atoms. The highest BCUT2D eigenvalue weighted by Gasteiger charge is 2.11. The molecule has 0 aliphatic rings. The van der Waals surface area contributed by atoms with E-state index < -0.39 is 0 Å². The third kappa shape index (κ3) is 1.61. The van der Waals surface area contributed by atoms with E-state index in [1.165, 1.54) is 22.1 Å². The van der Waals surface area contributed by atoms with E-state index in [2.05, 4.69) is 45.4 Å². The number of aromatic nitrogens is 2. The Labute approximate surface area is 119 Å². The average molecular weight is 275 g/mol. The van der Waals surface area contributed by atoms with E-state index in [4.69, 9.17) is 6.57 Å². The molecule has 0 aliphatic heterocycles. The summed E-state index contributed by atoms with van der Waals surface area (Å²) in [6, 6.07) is 16.5. The normalized spacial score (nSPS) is 10.9. The minimum atomic E-state index is 0.679. The summed E-state index contributed by atoms with van der Waals surface area (Å²) < 4.78 is 0. The smallest absolute Gasteiger partial charge is 0.243 e. The molecule has 0 atom stereocenters. The summed E-state index contributed by atoms with van der Waals surface area (Å²) >= 11 is 1.42. The molecule has 4 rings (SSSR count). The van der Waals surface area contributed by atoms with Gasteiger partial charge in [-0.05, 0) is 22.9 Å². The van der Waals surface area contributed by atoms with Crippen LogP contribution < -0.4 is 0 Å². The summed E-state index contributed by atoms with van der Waals surface area (Å²) in [6.45, 7) is 7.10. The Morgan fingerprint density at radius 1 is 1.05 bits per heavy atom. The van der Waals surface area contributed by atoms with E-state index in [1.807, 2.05) is 18.2 Å². The number of thiophene rings is 1. The van der Waals surface area contributed by atoms with Crippen molar-refractivity contribution in [3.8, 4) is 11.3 Å². The predicted octanol–water partition coefficient (Wildman–Crippen LogP) is 5.00. The fourth-order valence-corrected chi connectivity index (χ4v) is 3.20. The zero-order valence-corrected chi connectivity index (χ0v) is 11.2. The topological polar surface area (TPSA) is 33.0 Å². The highest BCUT2D eigenvalue weighted by Crippen LogP contribution is 2.36. The first-order chi connectivity index (χ1) is 9.85. The molecule has 0 saturated heterocycles. The average Bonchev–Trinajstić information content (AvgIpc) is 3.06. The Bertz CT molecular complexity index is 972. The number of rotatable bonds is 1. The van der Waals surface area contributed by atoms with Crippen molar-refractivity contribution in [1.82, 2.24) is 10.2 Å². The van der Waals surface area contributed by atoms with E-state index >= 15 is 0 Å². The number of fused-ring (bicyclic) bond motifs is 2. The molecule has 0 fully saturated rings. The molecule has 2 aromatic heterocycles. The van der Waals surface area contributed by atoms with Gasteiger partial charge in [0, 0.05) is 10.9 Å². The third-order valence-corrected chi connectivity index (χ3v) is 4.31. The maximum Gasteiger partial charge on any atom is 0.243 e. The number of H-pyrrole nitrogens is 1. The Kier molecular flexibility index (Phi) is 2.35. The van der Waals surface area contributed by atoms with Crippen molar-refractivity contribution in [3.05, 3.63) is 59.9 Å². The van der Waals surface area contributed by atoms with Crippen molar-refractivity contribution < 1.29 is 0 Å². The monoisotopic (exact) mass is 275 g/mol. The van der Waals surface area contributed by atoms with Gasteiger partial charge >= 0.3 is 0 Å². The zero-order valence-electron chi connectivity index (χ0n) is 10.4. The highest BCUT2D eigenvalue weighted by molar-refractivity contribution is 7.22. The quantitative estimate of drug-likeness (QED) is 0.487. The fraction of sp³-hybridized carbons (Fsp3) is 0. The van der Waals surface area contributed by atoms with Crippen LogP contribution in [-0.2, 0) is 0 Å². The Balaban J connectivity index is 1.96. The molecule has 20 heavy (non-hydrogen) atoms. The van der Waals surface area contributed by atoms with Gasteiger partial charge in [-0.3, -0.25) is 5.10 Å². The summed E-state index contributed by atoms with van der Waals surface area (Å²) in [6.07, 6.45) is 0. The van der Waals surface area contributed by atoms with Crippen molar-refractivity contribution in [2.75, 3.05) is 0 Å². The minimum Gasteiger partial charge on any atom is -0.276 e. The van der Waals surface area contributed by atoms with Crippen LogP contribution in [0.4, 0.5) is 5.00 Å². The lowest BCUT2D eigenvalue weighted by Gasteiger charge is -2.01. The largest absolute Gasteiger partial charge is 0.276 e. The van der Waals surface area contributed by atoms with Crippen molar-refractivity contribution in [1.29, 1.82) is 0 Å². The summed E-state index contributed by atoms with van der Waals surface area (Å²) in [4.78, 5) is 4.37. The van der Waals surface area contributed by atoms with Gasteiger partial charge in [0.1, 0.15) is 4.83 Å². The molecule has 4 aromatic rings. The van der Waals surface area contributed by atoms with Crippen molar-refractivity contribution >= 4 is 37.3 Å². The maximum atomic E-state index is 7.10. The Hall–Kier alpha value is -2.64. The van der Waals surface area contributed by atoms with Gasteiger partial charge in [-0.1, -0.05) is 36.4 Å². The van der Waals surface area contributed by atoms with Crippen LogP contribution in [0.3, 0.4) is 0 Å². The van der Waals surface area contributed by atoms with E-state index in [9.17, 15) is 0 Å². The van der Waals surface area contributed by atoms with Gasteiger partial charge in [-0.25, -0.2) is 4.85 Å². The van der Waals surface area contributed by atoms with E-state index in [0.29, 0.717) is 5.00 Å². The first-order valence-electron chi connectivity index (χ1n) is 6.20. The van der Waals surface area contributed by atoms with Gasteiger partial charge in [0.25, 0.3) is 0 Å². The van der Waals surface area contributed by atoms with Gasteiger partial charge in [0.05, 0.1) is 12.3 Å². The maximum absolute atomic E-state index is 7.10. The lowest BCUT2D eigenvalue weighted by Crippen LogP contribution is -1.80. The minimum absolute atomic E-state index is 0.679. The lowest BCUT2D eigenvalue weighted by molar-refractivity contribution is 1.13. The van der Waals surface area contributed by atoms with Crippen LogP contribution in [0.2, 0.25) is 0 Å². The fourth-order valence-electron chi connectivity index (χ4n) is 2.42. The molecule has 94 valence electrons. The first kappa shape index (κ1) is 11.2. The molecule has 0 amide bonds. The number of hydrogen-bond donors (Lipinski definition) is 1. The molecule has 0 radical (unpaired) electrons. The molecule has 0 bridgehead atoms. The number of aromatic amines is 1. The summed E-state index contributed by atoms with van der Waals surface area (Å²) in [7, 11) is 0. The molecule has 1 N–H and O–H groups in total. The van der Waals surface area contributed by atoms with Gasteiger partial charge in [0.15, 0.2) is 0 Å². The van der Waals surface area contributed by atoms with Crippen LogP contribution in [0, 0.1) is 6.57 Å². The summed E-state index contributed by atoms with van der Waals surface area (Å²) in [5, 5.41) is 11.5. The SMILES string of the molecule is [C-]#[N+]c1cc2c(-c3ccc4ccccc4c3)[nH]nc2s1. The number of benzene rings is 2. The van der Waals surface area contributed by atoms with Gasteiger partial charge < -0.3 is 0 Å². The Morgan fingerprint density at radius 3 is 2.75 bits per heavy atom. The van der Waals surface area contributed by atoms with Crippen molar-refractivity contribution in [3.63, 3.8) is 0 Å². The Morgan fingerprint density at radius 2 is 1.90 bits per heavy atom. The van der Waals surface area contributed by atoms with E-state index in [1.54, 1.807) is 0 Å². The lowest BCUT2D eigenvalue weighted by atomic mass is 10.0. The van der Waals surface area contributed by atoms with E-state index in [0.717, 1.165) is 21.5 Å². The van der Waals surface area contributed by atoms with E-state index in [-0.39, 0.29) is 0 Å². The zero-order chi connectivity index (χ0) is 13.5. The van der Waals surface area contributed by atoms with Gasteiger partial charge in [-0.15, -0.1) is 11.3 Å². The number of nitrogens with one attached hydrogen (secondary N) is 1. The van der Waals surface area contributed by atoms with Gasteiger partial charge in [0.2, 0.25) is 5.00 Å². The summed E-state index contributed by atoms with van der Waals surface area (Å²) in [5.74, 6) is 0. The highest BCUT2D eigenvalue weighted by atomic mass is 32.1. The van der Waals surface area contributed by atoms with Crippen LogP contribution in [0.25, 0.3) is 37.1 Å². The summed E-state index contributed by atoms with van der Waals surface area (Å²) in [5.41, 5.74) is 2.08. The van der Waals surface area contributed by atoms with Crippen LogP contribution in [-0.4, -0.2) is 10.2 Å². The second-order valence-electron chi connectivity index (χ2n) is 4.58. The van der Waals surface area contributed by atoms with Crippen LogP contribution in [0.15, 0.2) is 48.5 Å². The van der Waals surface area contributed by atoms with Crippen LogP contribution in [0.5, 0.6) is 0 Å². The molecular weight excluding hydrogens is 266 g/mol. The molecule has 2 aromatic carbocycles. The number of nitrogens with zero attached hydrogens (tertiary/aromatic N) is 2. The molecular formula is C16H9N3S. The van der Waals surface area contributed by atoms with Crippen LogP contribution >= 0.6 is 11.3 Å². The molecule has 3 nitrogen and oxygen atoms in total. The third-order valence-electron chi connectivity index (χ3n) is 3.39. The second-order valence-corrected chi connectivity index (χ2v) is 5.58. The second kappa shape index (κ2) is 4.19. The van der Waals surface area contributed by atoms with Crippen molar-refractivity contribution in [2.45, 2.75) is 0 Å².